The van der Waals surface area contributed by atoms with E-state index in [9.17, 15) is 9.59 Å². The Bertz CT molecular complexity index is 610. The summed E-state index contributed by atoms with van der Waals surface area (Å²) in [7, 11) is 0. The maximum atomic E-state index is 10.8. The molecule has 7 heteroatoms. The quantitative estimate of drug-likeness (QED) is 0.502. The van der Waals surface area contributed by atoms with Crippen LogP contribution in [0.5, 0.6) is 0 Å². The Morgan fingerprint density at radius 1 is 1.27 bits per heavy atom. The highest BCUT2D eigenvalue weighted by molar-refractivity contribution is 6.30. The number of hydrazine groups is 1. The zero-order chi connectivity index (χ0) is 16.8. The molecule has 0 spiro atoms. The van der Waals surface area contributed by atoms with Gasteiger partial charge < -0.3 is 15.6 Å². The van der Waals surface area contributed by atoms with E-state index in [0.717, 1.165) is 5.69 Å². The smallest absolute Gasteiger partial charge is 0.331 e. The molecule has 1 unspecified atom stereocenters. The molecular weight excluding hydrogens is 308 g/mol. The second kappa shape index (κ2) is 7.63. The van der Waals surface area contributed by atoms with Crippen LogP contribution in [0.25, 0.3) is 0 Å². The molecule has 2 rings (SSSR count). The van der Waals surface area contributed by atoms with Gasteiger partial charge in [-0.2, -0.15) is 0 Å². The van der Waals surface area contributed by atoms with E-state index in [2.05, 4.69) is 5.43 Å². The molecule has 0 saturated heterocycles. The first-order chi connectivity index (χ1) is 10.3. The first-order valence-corrected chi connectivity index (χ1v) is 6.73. The van der Waals surface area contributed by atoms with Crippen LogP contribution in [0, 0.1) is 5.41 Å². The van der Waals surface area contributed by atoms with Gasteiger partial charge in [0.05, 0.1) is 5.41 Å². The summed E-state index contributed by atoms with van der Waals surface area (Å²) in [5, 5.41) is 18.2. The highest BCUT2D eigenvalue weighted by Gasteiger charge is 2.34. The minimum atomic E-state index is -1.08. The fourth-order valence-corrected chi connectivity index (χ4v) is 1.86. The second-order valence-electron chi connectivity index (χ2n) is 4.91. The van der Waals surface area contributed by atoms with E-state index in [0.29, 0.717) is 5.02 Å². The summed E-state index contributed by atoms with van der Waals surface area (Å²) in [6.07, 6.45) is 4.43. The van der Waals surface area contributed by atoms with Gasteiger partial charge in [0.1, 0.15) is 0 Å². The molecule has 0 aliphatic heterocycles. The molecule has 0 amide bonds. The van der Waals surface area contributed by atoms with Crippen molar-refractivity contribution >= 4 is 29.2 Å². The Balaban J connectivity index is 0.000000235. The fraction of sp³-hybridized carbons (Fsp3) is 0.200. The molecular formula is C15H17ClN2O4. The predicted octanol–water partition coefficient (Wildman–Crippen LogP) is 2.67. The van der Waals surface area contributed by atoms with Crippen molar-refractivity contribution < 1.29 is 19.8 Å². The minimum absolute atomic E-state index is 0.0359. The molecule has 1 aromatic carbocycles. The van der Waals surface area contributed by atoms with Crippen LogP contribution in [0.2, 0.25) is 5.02 Å². The second-order valence-corrected chi connectivity index (χ2v) is 5.34. The lowest BCUT2D eigenvalue weighted by Crippen LogP contribution is -2.28. The molecule has 6 nitrogen and oxygen atoms in total. The van der Waals surface area contributed by atoms with Gasteiger partial charge in [0.2, 0.25) is 0 Å². The molecule has 0 bridgehead atoms. The number of benzene rings is 1. The molecule has 0 aromatic heterocycles. The Morgan fingerprint density at radius 3 is 2.32 bits per heavy atom. The number of aliphatic carboxylic acids is 2. The van der Waals surface area contributed by atoms with Crippen LogP contribution in [-0.2, 0) is 9.59 Å². The number of hydrogen-bond acceptors (Lipinski definition) is 4. The zero-order valence-corrected chi connectivity index (χ0v) is 12.7. The van der Waals surface area contributed by atoms with E-state index < -0.39 is 17.4 Å². The molecule has 1 aromatic rings. The van der Waals surface area contributed by atoms with E-state index >= 15 is 0 Å². The summed E-state index contributed by atoms with van der Waals surface area (Å²) < 4.78 is 0. The SMILES string of the molecule is CC1(C(=O)O)C=CC=C(C(=O)O)C1.NNc1ccc(Cl)cc1. The van der Waals surface area contributed by atoms with Crippen LogP contribution in [0.3, 0.4) is 0 Å². The third kappa shape index (κ3) is 4.91. The summed E-state index contributed by atoms with van der Waals surface area (Å²) in [6, 6.07) is 7.16. The van der Waals surface area contributed by atoms with Gasteiger partial charge in [0.25, 0.3) is 0 Å². The molecule has 118 valence electrons. The first-order valence-electron chi connectivity index (χ1n) is 6.36. The van der Waals surface area contributed by atoms with Crippen LogP contribution in [-0.4, -0.2) is 22.2 Å². The van der Waals surface area contributed by atoms with Gasteiger partial charge in [-0.25, -0.2) is 4.79 Å². The molecule has 0 fully saturated rings. The normalized spacial score (nSPS) is 19.5. The van der Waals surface area contributed by atoms with Crippen molar-refractivity contribution in [2.45, 2.75) is 13.3 Å². The number of halogens is 1. The van der Waals surface area contributed by atoms with E-state index in [1.165, 1.54) is 25.2 Å². The third-order valence-corrected chi connectivity index (χ3v) is 3.35. The summed E-state index contributed by atoms with van der Waals surface area (Å²) in [5.74, 6) is 3.04. The number of carboxylic acids is 2. The predicted molar refractivity (Wildman–Crippen MR) is 84.5 cm³/mol. The van der Waals surface area contributed by atoms with Crippen molar-refractivity contribution in [1.29, 1.82) is 0 Å². The van der Waals surface area contributed by atoms with Crippen LogP contribution in [0.1, 0.15) is 13.3 Å². The summed E-state index contributed by atoms with van der Waals surface area (Å²) in [6.45, 7) is 1.50. The van der Waals surface area contributed by atoms with Crippen LogP contribution >= 0.6 is 11.6 Å². The molecule has 0 radical (unpaired) electrons. The van der Waals surface area contributed by atoms with Crippen LogP contribution < -0.4 is 11.3 Å². The molecule has 1 aliphatic rings. The highest BCUT2D eigenvalue weighted by atomic mass is 35.5. The maximum Gasteiger partial charge on any atom is 0.331 e. The van der Waals surface area contributed by atoms with E-state index in [-0.39, 0.29) is 12.0 Å². The standard InChI is InChI=1S/C9H10O4.C6H7ClN2/c1-9(8(12)13)4-2-3-6(5-9)7(10)11;7-5-1-3-6(9-8)4-2-5/h2-4H,5H2,1H3,(H,10,11)(H,12,13);1-4,9H,8H2. The van der Waals surface area contributed by atoms with Gasteiger partial charge in [-0.05, 0) is 37.6 Å². The number of allylic oxidation sites excluding steroid dienone is 2. The molecule has 22 heavy (non-hydrogen) atoms. The number of nitrogen functional groups attached to an aromatic ring is 1. The molecule has 1 aliphatic carbocycles. The van der Waals surface area contributed by atoms with Crippen molar-refractivity contribution in [3.05, 3.63) is 53.1 Å². The van der Waals surface area contributed by atoms with Gasteiger partial charge >= 0.3 is 11.9 Å². The summed E-state index contributed by atoms with van der Waals surface area (Å²) >= 11 is 5.60. The molecule has 5 N–H and O–H groups in total. The van der Waals surface area contributed by atoms with E-state index in [4.69, 9.17) is 27.7 Å². The van der Waals surface area contributed by atoms with Crippen molar-refractivity contribution in [3.63, 3.8) is 0 Å². The van der Waals surface area contributed by atoms with Crippen molar-refractivity contribution in [1.82, 2.24) is 0 Å². The third-order valence-electron chi connectivity index (χ3n) is 3.09. The molecule has 1 atom stereocenters. The van der Waals surface area contributed by atoms with Gasteiger partial charge in [0, 0.05) is 16.3 Å². The van der Waals surface area contributed by atoms with E-state index in [1.54, 1.807) is 12.1 Å². The summed E-state index contributed by atoms with van der Waals surface area (Å²) in [5.41, 5.74) is 2.41. The zero-order valence-electron chi connectivity index (χ0n) is 11.9. The average Bonchev–Trinajstić information content (AvgIpc) is 2.48. The average molecular weight is 325 g/mol. The highest BCUT2D eigenvalue weighted by Crippen LogP contribution is 2.31. The Hall–Kier alpha value is -2.31. The van der Waals surface area contributed by atoms with E-state index in [1.807, 2.05) is 12.1 Å². The van der Waals surface area contributed by atoms with Gasteiger partial charge in [-0.15, -0.1) is 0 Å². The lowest BCUT2D eigenvalue weighted by Gasteiger charge is -2.23. The van der Waals surface area contributed by atoms with Crippen molar-refractivity contribution in [2.75, 3.05) is 5.43 Å². The van der Waals surface area contributed by atoms with Crippen molar-refractivity contribution in [2.24, 2.45) is 11.3 Å². The number of nitrogens with two attached hydrogens (primary N) is 1. The van der Waals surface area contributed by atoms with Gasteiger partial charge in [-0.1, -0.05) is 29.8 Å². The first kappa shape index (κ1) is 17.7. The fourth-order valence-electron chi connectivity index (χ4n) is 1.73. The minimum Gasteiger partial charge on any atom is -0.481 e. The van der Waals surface area contributed by atoms with Gasteiger partial charge in [0.15, 0.2) is 0 Å². The number of rotatable bonds is 3. The number of carboxylic acid groups (broad SMARTS) is 2. The Labute approximate surface area is 132 Å². The lowest BCUT2D eigenvalue weighted by atomic mass is 9.80. The number of nitrogens with one attached hydrogen (secondary N) is 1. The number of carbonyl (C=O) groups is 2. The monoisotopic (exact) mass is 324 g/mol. The topological polar surface area (TPSA) is 113 Å². The van der Waals surface area contributed by atoms with Crippen molar-refractivity contribution in [3.8, 4) is 0 Å². The summed E-state index contributed by atoms with van der Waals surface area (Å²) in [4.78, 5) is 21.3. The Morgan fingerprint density at radius 2 is 1.86 bits per heavy atom. The largest absolute Gasteiger partial charge is 0.481 e. The van der Waals surface area contributed by atoms with Crippen LogP contribution in [0.15, 0.2) is 48.1 Å². The maximum absolute atomic E-state index is 10.8. The number of anilines is 1. The van der Waals surface area contributed by atoms with Gasteiger partial charge in [-0.3, -0.25) is 10.6 Å². The van der Waals surface area contributed by atoms with Crippen LogP contribution in [0.4, 0.5) is 5.69 Å². The Kier molecular flexibility index (Phi) is 6.15. The number of hydrogen-bond donors (Lipinski definition) is 4. The lowest BCUT2D eigenvalue weighted by molar-refractivity contribution is -0.145. The molecule has 0 saturated carbocycles. The molecule has 0 heterocycles.